The summed E-state index contributed by atoms with van der Waals surface area (Å²) in [7, 11) is 0. The highest BCUT2D eigenvalue weighted by molar-refractivity contribution is 6.10. The van der Waals surface area contributed by atoms with Crippen molar-refractivity contribution in [2.75, 3.05) is 6.54 Å². The molecule has 1 aliphatic heterocycles. The van der Waals surface area contributed by atoms with Crippen LogP contribution >= 0.6 is 0 Å². The molecular formula is C27H42N2O. The van der Waals surface area contributed by atoms with Gasteiger partial charge in [0.15, 0.2) is 0 Å². The number of fused-ring (bicyclic) bond motifs is 9. The van der Waals surface area contributed by atoms with Crippen molar-refractivity contribution in [3.8, 4) is 0 Å². The summed E-state index contributed by atoms with van der Waals surface area (Å²) in [5.41, 5.74) is 10.6. The van der Waals surface area contributed by atoms with Crippen LogP contribution in [0, 0.1) is 46.3 Å². The highest BCUT2D eigenvalue weighted by atomic mass is 16.3. The quantitative estimate of drug-likeness (QED) is 0.582. The highest BCUT2D eigenvalue weighted by Crippen LogP contribution is 2.71. The van der Waals surface area contributed by atoms with Gasteiger partial charge in [-0.25, -0.2) is 0 Å². The molecule has 3 N–H and O–H groups in total. The summed E-state index contributed by atoms with van der Waals surface area (Å²) >= 11 is 0. The van der Waals surface area contributed by atoms with E-state index >= 15 is 0 Å². The maximum atomic E-state index is 12.0. The summed E-state index contributed by atoms with van der Waals surface area (Å²) in [5, 5.41) is 12.0. The van der Waals surface area contributed by atoms with E-state index in [1.165, 1.54) is 56.9 Å². The number of hydrogen-bond donors (Lipinski definition) is 2. The van der Waals surface area contributed by atoms with Crippen LogP contribution in [0.5, 0.6) is 0 Å². The van der Waals surface area contributed by atoms with Gasteiger partial charge in [-0.3, -0.25) is 4.99 Å². The van der Waals surface area contributed by atoms with Gasteiger partial charge < -0.3 is 10.8 Å². The molecule has 5 aliphatic carbocycles. The molecule has 166 valence electrons. The number of rotatable bonds is 0. The van der Waals surface area contributed by atoms with Crippen LogP contribution in [0.4, 0.5) is 0 Å². The Labute approximate surface area is 183 Å². The Bertz CT molecular complexity index is 831. The lowest BCUT2D eigenvalue weighted by Crippen LogP contribution is -2.54. The van der Waals surface area contributed by atoms with Gasteiger partial charge in [0.2, 0.25) is 0 Å². The fourth-order valence-corrected chi connectivity index (χ4v) is 10.2. The van der Waals surface area contributed by atoms with E-state index in [4.69, 9.17) is 10.7 Å². The largest absolute Gasteiger partial charge is 0.383 e. The average Bonchev–Trinajstić information content (AvgIpc) is 3.12. The van der Waals surface area contributed by atoms with E-state index in [1.807, 2.05) is 0 Å². The van der Waals surface area contributed by atoms with Gasteiger partial charge in [-0.1, -0.05) is 26.3 Å². The first kappa shape index (κ1) is 20.0. The molecule has 10 atom stereocenters. The van der Waals surface area contributed by atoms with Gasteiger partial charge in [-0.15, -0.1) is 0 Å². The van der Waals surface area contributed by atoms with Crippen molar-refractivity contribution in [3.05, 3.63) is 11.1 Å². The molecule has 0 amide bonds. The van der Waals surface area contributed by atoms with Crippen molar-refractivity contribution in [1.82, 2.24) is 0 Å². The zero-order chi connectivity index (χ0) is 21.1. The summed E-state index contributed by atoms with van der Waals surface area (Å²) in [6.45, 7) is 10.6. The van der Waals surface area contributed by atoms with E-state index in [9.17, 15) is 5.11 Å². The van der Waals surface area contributed by atoms with Crippen LogP contribution in [0.3, 0.4) is 0 Å². The second kappa shape index (κ2) is 6.22. The first-order valence-electron chi connectivity index (χ1n) is 12.9. The maximum absolute atomic E-state index is 12.0. The van der Waals surface area contributed by atoms with Crippen LogP contribution in [0.25, 0.3) is 0 Å². The van der Waals surface area contributed by atoms with Crippen LogP contribution in [0.15, 0.2) is 16.1 Å². The van der Waals surface area contributed by atoms with Crippen molar-refractivity contribution in [1.29, 1.82) is 0 Å². The minimum Gasteiger partial charge on any atom is -0.383 e. The zero-order valence-corrected chi connectivity index (χ0v) is 19.6. The molecule has 0 unspecified atom stereocenters. The second-order valence-electron chi connectivity index (χ2n) is 12.9. The molecule has 4 fully saturated rings. The Kier molecular flexibility index (Phi) is 4.14. The van der Waals surface area contributed by atoms with Crippen molar-refractivity contribution in [3.63, 3.8) is 0 Å². The number of aliphatic imine (C=N–C) groups is 1. The van der Waals surface area contributed by atoms with Crippen molar-refractivity contribution in [2.24, 2.45) is 57.1 Å². The third-order valence-electron chi connectivity index (χ3n) is 11.5. The molecule has 1 heterocycles. The maximum Gasteiger partial charge on any atom is 0.113 e. The van der Waals surface area contributed by atoms with E-state index in [0.29, 0.717) is 23.3 Å². The number of aliphatic hydroxyl groups is 1. The van der Waals surface area contributed by atoms with Gasteiger partial charge in [0.25, 0.3) is 0 Å². The molecule has 0 aromatic rings. The van der Waals surface area contributed by atoms with Gasteiger partial charge in [-0.05, 0) is 111 Å². The van der Waals surface area contributed by atoms with Crippen LogP contribution in [-0.4, -0.2) is 29.0 Å². The standard InChI is InChI=1S/C27H42N2O/c1-15-13-27(30)22-12-21-19-6-5-17-11-18(28)7-9-25(17,3)20(19)8-10-26(21,4)23(22)16(2)24(27)29-14-15/h15,17-22,30H,5-14,28H2,1-4H3/t15-,17+,18+,19-,20+,21+,22+,25+,26+,27+/m1/s1. The van der Waals surface area contributed by atoms with Gasteiger partial charge >= 0.3 is 0 Å². The van der Waals surface area contributed by atoms with E-state index in [1.54, 1.807) is 5.57 Å². The summed E-state index contributed by atoms with van der Waals surface area (Å²) in [5.74, 6) is 4.14. The first-order chi connectivity index (χ1) is 14.2. The Hall–Kier alpha value is -0.670. The van der Waals surface area contributed by atoms with Gasteiger partial charge in [-0.2, -0.15) is 0 Å². The monoisotopic (exact) mass is 410 g/mol. The zero-order valence-electron chi connectivity index (χ0n) is 19.6. The molecule has 0 bridgehead atoms. The third kappa shape index (κ3) is 2.32. The Morgan fingerprint density at radius 2 is 1.83 bits per heavy atom. The third-order valence-corrected chi connectivity index (χ3v) is 11.5. The lowest BCUT2D eigenvalue weighted by atomic mass is 9.45. The van der Waals surface area contributed by atoms with Gasteiger partial charge in [0.05, 0.1) is 5.71 Å². The minimum atomic E-state index is -0.675. The number of nitrogens with zero attached hydrogens (tertiary/aromatic N) is 1. The lowest BCUT2D eigenvalue weighted by Gasteiger charge is -2.60. The van der Waals surface area contributed by atoms with Crippen molar-refractivity contribution < 1.29 is 5.11 Å². The minimum absolute atomic E-state index is 0.281. The summed E-state index contributed by atoms with van der Waals surface area (Å²) in [6, 6.07) is 0.437. The summed E-state index contributed by atoms with van der Waals surface area (Å²) < 4.78 is 0. The number of nitrogens with two attached hydrogens (primary N) is 1. The summed E-state index contributed by atoms with van der Waals surface area (Å²) in [4.78, 5) is 4.93. The molecule has 0 aromatic carbocycles. The van der Waals surface area contributed by atoms with E-state index in [0.717, 1.165) is 42.3 Å². The summed E-state index contributed by atoms with van der Waals surface area (Å²) in [6.07, 6.45) is 11.4. The fourth-order valence-electron chi connectivity index (χ4n) is 10.2. The smallest absolute Gasteiger partial charge is 0.113 e. The lowest BCUT2D eigenvalue weighted by molar-refractivity contribution is -0.101. The van der Waals surface area contributed by atoms with Crippen molar-refractivity contribution in [2.45, 2.75) is 97.1 Å². The molecule has 0 radical (unpaired) electrons. The van der Waals surface area contributed by atoms with Crippen LogP contribution < -0.4 is 5.73 Å². The highest BCUT2D eigenvalue weighted by Gasteiger charge is 2.66. The van der Waals surface area contributed by atoms with Crippen LogP contribution in [0.2, 0.25) is 0 Å². The predicted molar refractivity (Wildman–Crippen MR) is 122 cm³/mol. The molecule has 0 spiro atoms. The topological polar surface area (TPSA) is 58.6 Å². The second-order valence-corrected chi connectivity index (χ2v) is 12.9. The average molecular weight is 411 g/mol. The molecular weight excluding hydrogens is 368 g/mol. The SMILES string of the molecule is CC1=C2[C@H](C[C@H]3[C@@H]4CC[C@H]5C[C@@H](N)CC[C@]5(C)[C@H]4CC[C@]23C)[C@@]2(O)C[C@@H](C)CN=C12. The van der Waals surface area contributed by atoms with Crippen LogP contribution in [-0.2, 0) is 0 Å². The predicted octanol–water partition coefficient (Wildman–Crippen LogP) is 5.12. The van der Waals surface area contributed by atoms with E-state index < -0.39 is 5.60 Å². The number of hydrogen-bond acceptors (Lipinski definition) is 3. The molecule has 3 nitrogen and oxygen atoms in total. The molecule has 30 heavy (non-hydrogen) atoms. The molecule has 6 rings (SSSR count). The van der Waals surface area contributed by atoms with Crippen molar-refractivity contribution >= 4 is 5.71 Å². The van der Waals surface area contributed by atoms with Gasteiger partial charge in [0.1, 0.15) is 5.60 Å². The normalized spacial score (nSPS) is 57.1. The molecule has 4 saturated carbocycles. The fraction of sp³-hybridized carbons (Fsp3) is 0.889. The molecule has 0 aromatic heterocycles. The Morgan fingerprint density at radius 3 is 2.63 bits per heavy atom. The van der Waals surface area contributed by atoms with E-state index in [-0.39, 0.29) is 5.41 Å². The first-order valence-corrected chi connectivity index (χ1v) is 12.9. The van der Waals surface area contributed by atoms with Gasteiger partial charge in [0, 0.05) is 18.5 Å². The Balaban J connectivity index is 1.37. The van der Waals surface area contributed by atoms with Crippen LogP contribution in [0.1, 0.15) is 85.5 Å². The van der Waals surface area contributed by atoms with E-state index in [2.05, 4.69) is 27.7 Å². The molecule has 6 aliphatic rings. The molecule has 0 saturated heterocycles. The Morgan fingerprint density at radius 1 is 1.03 bits per heavy atom. The molecule has 3 heteroatoms.